The molecule has 0 aliphatic rings. The molecule has 0 fully saturated rings. The summed E-state index contributed by atoms with van der Waals surface area (Å²) in [5, 5.41) is 18.2. The molecule has 0 saturated heterocycles. The number of nitrogens with one attached hydrogen (secondary N) is 1. The van der Waals surface area contributed by atoms with Crippen LogP contribution in [-0.4, -0.2) is 54.5 Å². The highest BCUT2D eigenvalue weighted by Crippen LogP contribution is 2.20. The van der Waals surface area contributed by atoms with Crippen LogP contribution in [0.4, 0.5) is 0 Å². The minimum atomic E-state index is -2.56. The first-order valence-electron chi connectivity index (χ1n) is 11.3. The summed E-state index contributed by atoms with van der Waals surface area (Å²) in [4.78, 5) is 37.8. The first-order chi connectivity index (χ1) is 16.4. The number of hydroxylamine groups is 1. The Morgan fingerprint density at radius 3 is 2.14 bits per heavy atom. The van der Waals surface area contributed by atoms with Gasteiger partial charge in [0.1, 0.15) is 5.75 Å². The van der Waals surface area contributed by atoms with Crippen LogP contribution in [0.15, 0.2) is 59.7 Å². The number of carboxylic acid groups (broad SMARTS) is 1. The molecule has 0 heterocycles. The predicted octanol–water partition coefficient (Wildman–Crippen LogP) is 3.60. The van der Waals surface area contributed by atoms with Gasteiger partial charge in [-0.25, -0.2) is 4.79 Å². The lowest BCUT2D eigenvalue weighted by molar-refractivity contribution is -0.164. The van der Waals surface area contributed by atoms with Gasteiger partial charge >= 0.3 is 11.7 Å². The largest absolute Gasteiger partial charge is 0.476 e. The molecule has 10 heteroatoms. The Bertz CT molecular complexity index is 1050. The summed E-state index contributed by atoms with van der Waals surface area (Å²) in [6.07, 6.45) is 1.46. The smallest absolute Gasteiger partial charge is 0.378 e. The summed E-state index contributed by atoms with van der Waals surface area (Å²) in [5.74, 6) is -3.03. The van der Waals surface area contributed by atoms with Crippen LogP contribution >= 0.6 is 0 Å². The third-order valence-corrected chi connectivity index (χ3v) is 5.31. The molecule has 2 aromatic rings. The average Bonchev–Trinajstić information content (AvgIpc) is 2.80. The van der Waals surface area contributed by atoms with Crippen LogP contribution < -0.4 is 10.1 Å². The van der Waals surface area contributed by atoms with Crippen molar-refractivity contribution in [3.05, 3.63) is 65.7 Å². The Kier molecular flexibility index (Phi) is 9.32. The average molecular weight is 500 g/mol. The summed E-state index contributed by atoms with van der Waals surface area (Å²) in [6, 6.07) is 14.4. The van der Waals surface area contributed by atoms with E-state index >= 15 is 0 Å². The van der Waals surface area contributed by atoms with E-state index in [0.717, 1.165) is 0 Å². The highest BCUT2D eigenvalue weighted by atomic mass is 28.3. The van der Waals surface area contributed by atoms with Gasteiger partial charge in [-0.3, -0.25) is 14.9 Å². The minimum Gasteiger partial charge on any atom is -0.476 e. The lowest BCUT2D eigenvalue weighted by atomic mass is 10.0. The standard InChI is InChI=1S/C25H33N3O6Si/c1-7-21(29)25(23(31)32,33-20-11-9-8-10-12-20)27-22(30)19-15-13-18(14-16-19)17-26-28(24(2,3)4)34-35(5)6/h8-17,35H,7H2,1-6H3,(H,27,30)(H,31,32)/b26-17+. The number of amides is 1. The van der Waals surface area contributed by atoms with Crippen LogP contribution in [0, 0.1) is 0 Å². The summed E-state index contributed by atoms with van der Waals surface area (Å²) >= 11 is 0. The van der Waals surface area contributed by atoms with Gasteiger partial charge in [-0.1, -0.05) is 37.3 Å². The molecular weight excluding hydrogens is 466 g/mol. The number of ketones is 1. The van der Waals surface area contributed by atoms with Crippen LogP contribution in [0.25, 0.3) is 0 Å². The van der Waals surface area contributed by atoms with Crippen molar-refractivity contribution < 1.29 is 28.8 Å². The van der Waals surface area contributed by atoms with Gasteiger partial charge in [0, 0.05) is 12.0 Å². The van der Waals surface area contributed by atoms with Crippen LogP contribution in [-0.2, 0) is 14.1 Å². The molecule has 1 amide bonds. The van der Waals surface area contributed by atoms with E-state index in [1.54, 1.807) is 41.7 Å². The van der Waals surface area contributed by atoms with Gasteiger partial charge in [-0.2, -0.15) is 10.3 Å². The van der Waals surface area contributed by atoms with Crippen LogP contribution in [0.5, 0.6) is 5.75 Å². The summed E-state index contributed by atoms with van der Waals surface area (Å²) in [5.41, 5.74) is -2.02. The maximum atomic E-state index is 12.9. The Balaban J connectivity index is 2.26. The third-order valence-electron chi connectivity index (χ3n) is 4.69. The predicted molar refractivity (Wildman–Crippen MR) is 136 cm³/mol. The number of aliphatic carboxylic acids is 1. The lowest BCUT2D eigenvalue weighted by Gasteiger charge is -2.33. The Morgan fingerprint density at radius 2 is 1.66 bits per heavy atom. The van der Waals surface area contributed by atoms with E-state index in [0.29, 0.717) is 5.56 Å². The van der Waals surface area contributed by atoms with Crippen molar-refractivity contribution in [1.82, 2.24) is 10.5 Å². The second kappa shape index (κ2) is 11.8. The van der Waals surface area contributed by atoms with Crippen molar-refractivity contribution in [2.75, 3.05) is 0 Å². The number of hydrogen-bond acceptors (Lipinski definition) is 7. The number of carbonyl (C=O) groups excluding carboxylic acids is 2. The van der Waals surface area contributed by atoms with E-state index in [4.69, 9.17) is 9.26 Å². The Labute approximate surface area is 207 Å². The number of ether oxygens (including phenoxy) is 1. The molecule has 0 aliphatic heterocycles. The number of Topliss-reactive ketones (excluding diaryl/α,β-unsaturated/α-hetero) is 1. The summed E-state index contributed by atoms with van der Waals surface area (Å²) in [7, 11) is -1.37. The van der Waals surface area contributed by atoms with Gasteiger partial charge in [0.2, 0.25) is 14.8 Å². The molecule has 1 unspecified atom stereocenters. The Morgan fingerprint density at radius 1 is 1.06 bits per heavy atom. The van der Waals surface area contributed by atoms with E-state index in [2.05, 4.69) is 10.4 Å². The number of hydrazone groups is 1. The fourth-order valence-corrected chi connectivity index (χ4v) is 3.68. The number of carbonyl (C=O) groups is 3. The number of rotatable bonds is 11. The molecule has 2 rings (SSSR count). The zero-order chi connectivity index (χ0) is 26.2. The SMILES string of the molecule is CCC(=O)C(NC(=O)c1ccc(/C=N/N(O[SiH](C)C)C(C)(C)C)cc1)(Oc1ccccc1)C(=O)O. The normalized spacial score (nSPS) is 13.3. The molecule has 2 aromatic carbocycles. The molecule has 9 nitrogen and oxygen atoms in total. The van der Waals surface area contributed by atoms with Crippen molar-refractivity contribution in [1.29, 1.82) is 0 Å². The monoisotopic (exact) mass is 499 g/mol. The van der Waals surface area contributed by atoms with E-state index in [1.165, 1.54) is 31.2 Å². The molecule has 0 aliphatic carbocycles. The van der Waals surface area contributed by atoms with Crippen molar-refractivity contribution in [3.63, 3.8) is 0 Å². The molecule has 35 heavy (non-hydrogen) atoms. The van der Waals surface area contributed by atoms with Gasteiger partial charge in [0.25, 0.3) is 5.91 Å². The van der Waals surface area contributed by atoms with Gasteiger partial charge in [-0.15, -0.1) is 0 Å². The molecule has 2 N–H and O–H groups in total. The molecule has 0 bridgehead atoms. The zero-order valence-electron chi connectivity index (χ0n) is 20.9. The molecule has 0 saturated carbocycles. The highest BCUT2D eigenvalue weighted by Gasteiger charge is 2.49. The third kappa shape index (κ3) is 7.49. The van der Waals surface area contributed by atoms with Crippen LogP contribution in [0.2, 0.25) is 13.1 Å². The first kappa shape index (κ1) is 27.7. The van der Waals surface area contributed by atoms with Crippen LogP contribution in [0.1, 0.15) is 50.0 Å². The van der Waals surface area contributed by atoms with Gasteiger partial charge < -0.3 is 14.4 Å². The van der Waals surface area contributed by atoms with E-state index in [1.807, 2.05) is 33.9 Å². The second-order valence-electron chi connectivity index (χ2n) is 9.10. The topological polar surface area (TPSA) is 118 Å². The molecule has 0 radical (unpaired) electrons. The van der Waals surface area contributed by atoms with E-state index in [9.17, 15) is 19.5 Å². The van der Waals surface area contributed by atoms with E-state index in [-0.39, 0.29) is 23.3 Å². The number of benzene rings is 2. The molecular formula is C25H33N3O6Si. The first-order valence-corrected chi connectivity index (χ1v) is 14.1. The zero-order valence-corrected chi connectivity index (χ0v) is 22.1. The maximum absolute atomic E-state index is 12.9. The summed E-state index contributed by atoms with van der Waals surface area (Å²) in [6.45, 7) is 11.5. The number of para-hydroxylation sites is 1. The van der Waals surface area contributed by atoms with Crippen molar-refractivity contribution in [2.24, 2.45) is 5.10 Å². The Hall–Kier alpha value is -3.50. The fraction of sp³-hybridized carbons (Fsp3) is 0.360. The van der Waals surface area contributed by atoms with Gasteiger partial charge in [0.15, 0.2) is 0 Å². The lowest BCUT2D eigenvalue weighted by Crippen LogP contribution is -2.64. The number of hydrogen-bond donors (Lipinski definition) is 2. The number of nitrogens with zero attached hydrogens (tertiary/aromatic N) is 2. The van der Waals surface area contributed by atoms with Crippen molar-refractivity contribution in [2.45, 2.75) is 58.5 Å². The summed E-state index contributed by atoms with van der Waals surface area (Å²) < 4.78 is 11.4. The van der Waals surface area contributed by atoms with Gasteiger partial charge in [-0.05, 0) is 63.7 Å². The van der Waals surface area contributed by atoms with Gasteiger partial charge in [0.05, 0.1) is 11.8 Å². The number of carboxylic acids is 1. The van der Waals surface area contributed by atoms with E-state index < -0.39 is 32.4 Å². The molecule has 0 spiro atoms. The maximum Gasteiger partial charge on any atom is 0.378 e. The second-order valence-corrected chi connectivity index (χ2v) is 11.4. The minimum absolute atomic E-state index is 0.138. The quantitative estimate of drug-likeness (QED) is 0.159. The highest BCUT2D eigenvalue weighted by molar-refractivity contribution is 6.48. The van der Waals surface area contributed by atoms with Crippen molar-refractivity contribution >= 4 is 32.9 Å². The van der Waals surface area contributed by atoms with Crippen molar-refractivity contribution in [3.8, 4) is 5.75 Å². The molecule has 188 valence electrons. The van der Waals surface area contributed by atoms with Crippen LogP contribution in [0.3, 0.4) is 0 Å². The fourth-order valence-electron chi connectivity index (χ4n) is 2.91. The molecule has 1 atom stereocenters. The molecule has 0 aromatic heterocycles.